The van der Waals surface area contributed by atoms with Crippen molar-refractivity contribution in [1.29, 1.82) is 0 Å². The molecule has 0 aliphatic carbocycles. The molecule has 1 aliphatic rings. The summed E-state index contributed by atoms with van der Waals surface area (Å²) in [6, 6.07) is 5.60. The lowest BCUT2D eigenvalue weighted by Crippen LogP contribution is -2.35. The summed E-state index contributed by atoms with van der Waals surface area (Å²) in [6.07, 6.45) is 1.06. The number of nitrogens with zero attached hydrogens (tertiary/aromatic N) is 1. The summed E-state index contributed by atoms with van der Waals surface area (Å²) in [4.78, 5) is 2.46. The van der Waals surface area contributed by atoms with Crippen LogP contribution in [0.15, 0.2) is 18.2 Å². The Hall–Kier alpha value is -1.22. The number of anilines is 1. The lowest BCUT2D eigenvalue weighted by molar-refractivity contribution is 0.254. The molecule has 0 saturated heterocycles. The van der Waals surface area contributed by atoms with Gasteiger partial charge in [0.2, 0.25) is 0 Å². The third-order valence-electron chi connectivity index (χ3n) is 3.59. The number of phenols is 1. The third-order valence-corrected chi connectivity index (χ3v) is 3.59. The van der Waals surface area contributed by atoms with Crippen molar-refractivity contribution in [3.63, 3.8) is 0 Å². The molecule has 17 heavy (non-hydrogen) atoms. The fraction of sp³-hybridized carbons (Fsp3) is 0.571. The van der Waals surface area contributed by atoms with Crippen molar-refractivity contribution < 1.29 is 5.11 Å². The van der Waals surface area contributed by atoms with Crippen molar-refractivity contribution in [3.05, 3.63) is 23.8 Å². The van der Waals surface area contributed by atoms with Crippen LogP contribution in [0, 0.1) is 5.92 Å². The van der Waals surface area contributed by atoms with E-state index >= 15 is 0 Å². The second kappa shape index (κ2) is 5.41. The molecule has 1 atom stereocenters. The van der Waals surface area contributed by atoms with Crippen molar-refractivity contribution >= 4 is 5.69 Å². The van der Waals surface area contributed by atoms with Crippen LogP contribution >= 0.6 is 0 Å². The smallest absolute Gasteiger partial charge is 0.116 e. The Balaban J connectivity index is 2.02. The highest BCUT2D eigenvalue weighted by Gasteiger charge is 2.19. The first-order chi connectivity index (χ1) is 8.22. The first-order valence-corrected chi connectivity index (χ1v) is 6.51. The molecule has 0 saturated carbocycles. The Labute approximate surface area is 103 Å². The number of phenolic OH excluding ortho intramolecular Hbond substituents is 1. The van der Waals surface area contributed by atoms with Gasteiger partial charge in [0.1, 0.15) is 5.75 Å². The van der Waals surface area contributed by atoms with Crippen LogP contribution < -0.4 is 5.32 Å². The average molecular weight is 234 g/mol. The van der Waals surface area contributed by atoms with Gasteiger partial charge < -0.3 is 15.3 Å². The molecular formula is C14H22N2O. The normalized spacial score (nSPS) is 18.9. The van der Waals surface area contributed by atoms with E-state index < -0.39 is 0 Å². The predicted molar refractivity (Wildman–Crippen MR) is 71.6 cm³/mol. The van der Waals surface area contributed by atoms with E-state index in [0.717, 1.165) is 32.6 Å². The van der Waals surface area contributed by atoms with Crippen LogP contribution in [-0.4, -0.2) is 36.2 Å². The number of nitrogens with one attached hydrogen (secondary N) is 1. The maximum Gasteiger partial charge on any atom is 0.116 e. The Morgan fingerprint density at radius 1 is 1.35 bits per heavy atom. The molecule has 0 aromatic heterocycles. The first kappa shape index (κ1) is 12.2. The fourth-order valence-electron chi connectivity index (χ4n) is 2.53. The minimum absolute atomic E-state index is 0.369. The molecule has 2 rings (SSSR count). The minimum atomic E-state index is 0.369. The zero-order valence-electron chi connectivity index (χ0n) is 10.7. The van der Waals surface area contributed by atoms with Crippen LogP contribution in [0.3, 0.4) is 0 Å². The molecule has 1 aromatic rings. The molecule has 2 N–H and O–H groups in total. The lowest BCUT2D eigenvalue weighted by atomic mass is 9.93. The summed E-state index contributed by atoms with van der Waals surface area (Å²) in [5.41, 5.74) is 2.42. The largest absolute Gasteiger partial charge is 0.508 e. The molecule has 0 spiro atoms. The van der Waals surface area contributed by atoms with Gasteiger partial charge in [-0.25, -0.2) is 0 Å². The van der Waals surface area contributed by atoms with Gasteiger partial charge in [0.15, 0.2) is 0 Å². The molecule has 0 amide bonds. The highest BCUT2D eigenvalue weighted by atomic mass is 16.3. The van der Waals surface area contributed by atoms with Gasteiger partial charge in [-0.1, -0.05) is 13.8 Å². The molecule has 0 fully saturated rings. The highest BCUT2D eigenvalue weighted by molar-refractivity contribution is 5.55. The summed E-state index contributed by atoms with van der Waals surface area (Å²) in [5, 5.41) is 13.0. The highest BCUT2D eigenvalue weighted by Crippen LogP contribution is 2.28. The van der Waals surface area contributed by atoms with E-state index in [2.05, 4.69) is 24.1 Å². The van der Waals surface area contributed by atoms with Crippen molar-refractivity contribution in [2.45, 2.75) is 20.3 Å². The van der Waals surface area contributed by atoms with Gasteiger partial charge in [-0.05, 0) is 49.2 Å². The zero-order valence-corrected chi connectivity index (χ0v) is 10.7. The van der Waals surface area contributed by atoms with Gasteiger partial charge in [-0.2, -0.15) is 0 Å². The van der Waals surface area contributed by atoms with Gasteiger partial charge in [0.25, 0.3) is 0 Å². The second-order valence-corrected chi connectivity index (χ2v) is 4.78. The Bertz CT molecular complexity index is 374. The Morgan fingerprint density at radius 3 is 2.82 bits per heavy atom. The minimum Gasteiger partial charge on any atom is -0.508 e. The molecule has 1 unspecified atom stereocenters. The number of hydrogen-bond acceptors (Lipinski definition) is 3. The summed E-state index contributed by atoms with van der Waals surface area (Å²) < 4.78 is 0. The third kappa shape index (κ3) is 2.91. The van der Waals surface area contributed by atoms with E-state index in [1.54, 1.807) is 6.07 Å². The van der Waals surface area contributed by atoms with E-state index in [0.29, 0.717) is 11.7 Å². The van der Waals surface area contributed by atoms with E-state index in [9.17, 15) is 5.11 Å². The number of benzene rings is 1. The maximum absolute atomic E-state index is 9.51. The molecule has 0 radical (unpaired) electrons. The van der Waals surface area contributed by atoms with Crippen molar-refractivity contribution in [2.75, 3.05) is 31.5 Å². The summed E-state index contributed by atoms with van der Waals surface area (Å²) in [5.74, 6) is 1.01. The monoisotopic (exact) mass is 234 g/mol. The van der Waals surface area contributed by atoms with Gasteiger partial charge in [-0.3, -0.25) is 0 Å². The molecule has 1 aromatic carbocycles. The van der Waals surface area contributed by atoms with E-state index in [1.165, 1.54) is 11.3 Å². The quantitative estimate of drug-likeness (QED) is 0.785. The predicted octanol–water partition coefficient (Wildman–Crippen LogP) is 2.32. The number of hydrogen-bond donors (Lipinski definition) is 2. The average Bonchev–Trinajstić information content (AvgIpc) is 2.35. The first-order valence-electron chi connectivity index (χ1n) is 6.51. The molecule has 3 nitrogen and oxygen atoms in total. The van der Waals surface area contributed by atoms with Gasteiger partial charge >= 0.3 is 0 Å². The van der Waals surface area contributed by atoms with Crippen LogP contribution in [0.2, 0.25) is 0 Å². The van der Waals surface area contributed by atoms with Gasteiger partial charge in [0, 0.05) is 18.8 Å². The second-order valence-electron chi connectivity index (χ2n) is 4.78. The van der Waals surface area contributed by atoms with Crippen molar-refractivity contribution in [2.24, 2.45) is 5.92 Å². The lowest BCUT2D eigenvalue weighted by Gasteiger charge is -2.30. The topological polar surface area (TPSA) is 35.5 Å². The Morgan fingerprint density at radius 2 is 2.12 bits per heavy atom. The molecule has 94 valence electrons. The Kier molecular flexibility index (Phi) is 3.89. The number of rotatable bonds is 4. The number of aromatic hydroxyl groups is 1. The van der Waals surface area contributed by atoms with E-state index in [1.807, 2.05) is 12.1 Å². The zero-order chi connectivity index (χ0) is 12.3. The molecule has 1 heterocycles. The van der Waals surface area contributed by atoms with Gasteiger partial charge in [-0.15, -0.1) is 0 Å². The van der Waals surface area contributed by atoms with E-state index in [4.69, 9.17) is 0 Å². The van der Waals surface area contributed by atoms with Crippen LogP contribution in [-0.2, 0) is 6.42 Å². The van der Waals surface area contributed by atoms with Crippen molar-refractivity contribution in [1.82, 2.24) is 4.90 Å². The SMILES string of the molecule is CCN(CC)CC1CNc2ccc(O)cc2C1. The van der Waals surface area contributed by atoms with Crippen molar-refractivity contribution in [3.8, 4) is 5.75 Å². The van der Waals surface area contributed by atoms with E-state index in [-0.39, 0.29) is 0 Å². The number of fused-ring (bicyclic) bond motifs is 1. The summed E-state index contributed by atoms with van der Waals surface area (Å²) in [6.45, 7) is 8.81. The van der Waals surface area contributed by atoms with Crippen LogP contribution in [0.4, 0.5) is 5.69 Å². The molecule has 1 aliphatic heterocycles. The molecular weight excluding hydrogens is 212 g/mol. The van der Waals surface area contributed by atoms with Crippen LogP contribution in [0.25, 0.3) is 0 Å². The summed E-state index contributed by atoms with van der Waals surface area (Å²) >= 11 is 0. The summed E-state index contributed by atoms with van der Waals surface area (Å²) in [7, 11) is 0. The standard InChI is InChI=1S/C14H22N2O/c1-3-16(4-2)10-11-7-12-8-13(17)5-6-14(12)15-9-11/h5-6,8,11,15,17H,3-4,7,9-10H2,1-2H3. The molecule has 0 bridgehead atoms. The van der Waals surface area contributed by atoms with Gasteiger partial charge in [0.05, 0.1) is 0 Å². The maximum atomic E-state index is 9.51. The molecule has 3 heteroatoms. The van der Waals surface area contributed by atoms with Crippen LogP contribution in [0.1, 0.15) is 19.4 Å². The fourth-order valence-corrected chi connectivity index (χ4v) is 2.53. The van der Waals surface area contributed by atoms with Crippen LogP contribution in [0.5, 0.6) is 5.75 Å².